The lowest BCUT2D eigenvalue weighted by Gasteiger charge is -2.24. The average molecular weight is 275 g/mol. The number of nitro benzene ring substituents is 1. The predicted molar refractivity (Wildman–Crippen MR) is 75.0 cm³/mol. The minimum absolute atomic E-state index is 0.0506. The van der Waals surface area contributed by atoms with Crippen molar-refractivity contribution in [2.24, 2.45) is 5.73 Å². The zero-order valence-electron chi connectivity index (χ0n) is 11.7. The molecule has 0 radical (unpaired) electrons. The number of benzene rings is 1. The molecule has 0 aliphatic rings. The second kappa shape index (κ2) is 5.01. The first kappa shape index (κ1) is 14.1. The Morgan fingerprint density at radius 2 is 1.85 bits per heavy atom. The third-order valence-corrected chi connectivity index (χ3v) is 2.92. The molecule has 20 heavy (non-hydrogen) atoms. The Bertz CT molecular complexity index is 625. The summed E-state index contributed by atoms with van der Waals surface area (Å²) in [5, 5.41) is 18.9. The van der Waals surface area contributed by atoms with E-state index in [1.807, 2.05) is 25.3 Å². The van der Waals surface area contributed by atoms with E-state index in [4.69, 9.17) is 5.73 Å². The Kier molecular flexibility index (Phi) is 3.54. The SMILES string of the molecule is CC(C)(C)n1c(CN)nnc1-c1ccc([N+](=O)[O-])cc1. The van der Waals surface area contributed by atoms with Gasteiger partial charge in [0.1, 0.15) is 5.82 Å². The van der Waals surface area contributed by atoms with Crippen LogP contribution in [0.3, 0.4) is 0 Å². The fraction of sp³-hybridized carbons (Fsp3) is 0.385. The number of aromatic nitrogens is 3. The maximum absolute atomic E-state index is 10.7. The molecule has 0 bridgehead atoms. The second-order valence-corrected chi connectivity index (χ2v) is 5.45. The van der Waals surface area contributed by atoms with Gasteiger partial charge in [-0.05, 0) is 32.9 Å². The molecule has 1 aromatic heterocycles. The van der Waals surface area contributed by atoms with E-state index in [2.05, 4.69) is 10.2 Å². The number of hydrogen-bond donors (Lipinski definition) is 1. The number of nitrogens with zero attached hydrogens (tertiary/aromatic N) is 4. The van der Waals surface area contributed by atoms with Gasteiger partial charge < -0.3 is 10.3 Å². The molecule has 0 aliphatic carbocycles. The summed E-state index contributed by atoms with van der Waals surface area (Å²) in [7, 11) is 0. The molecule has 2 rings (SSSR count). The van der Waals surface area contributed by atoms with E-state index in [1.165, 1.54) is 12.1 Å². The third-order valence-electron chi connectivity index (χ3n) is 2.92. The van der Waals surface area contributed by atoms with Crippen molar-refractivity contribution in [2.45, 2.75) is 32.9 Å². The highest BCUT2D eigenvalue weighted by Gasteiger charge is 2.23. The number of nitro groups is 1. The Morgan fingerprint density at radius 1 is 1.25 bits per heavy atom. The Balaban J connectivity index is 2.53. The molecule has 0 saturated carbocycles. The third kappa shape index (κ3) is 2.53. The largest absolute Gasteiger partial charge is 0.324 e. The first-order valence-corrected chi connectivity index (χ1v) is 6.24. The van der Waals surface area contributed by atoms with Gasteiger partial charge in [0, 0.05) is 23.2 Å². The molecular formula is C13H17N5O2. The minimum atomic E-state index is -0.427. The number of nitrogens with two attached hydrogens (primary N) is 1. The van der Waals surface area contributed by atoms with Crippen molar-refractivity contribution >= 4 is 5.69 Å². The van der Waals surface area contributed by atoms with Crippen molar-refractivity contribution in [3.05, 3.63) is 40.2 Å². The predicted octanol–water partition coefficient (Wildman–Crippen LogP) is 2.07. The van der Waals surface area contributed by atoms with Crippen LogP contribution in [0, 0.1) is 10.1 Å². The summed E-state index contributed by atoms with van der Waals surface area (Å²) in [6, 6.07) is 6.26. The lowest BCUT2D eigenvalue weighted by Crippen LogP contribution is -2.26. The molecule has 106 valence electrons. The number of rotatable bonds is 3. The van der Waals surface area contributed by atoms with Gasteiger partial charge in [0.25, 0.3) is 5.69 Å². The van der Waals surface area contributed by atoms with Crippen LogP contribution in [0.15, 0.2) is 24.3 Å². The lowest BCUT2D eigenvalue weighted by atomic mass is 10.1. The van der Waals surface area contributed by atoms with Crippen LogP contribution in [0.1, 0.15) is 26.6 Å². The van der Waals surface area contributed by atoms with Gasteiger partial charge in [-0.2, -0.15) is 0 Å². The molecule has 0 amide bonds. The Labute approximate surface area is 116 Å². The molecule has 2 aromatic rings. The van der Waals surface area contributed by atoms with E-state index in [0.29, 0.717) is 11.6 Å². The molecule has 0 spiro atoms. The van der Waals surface area contributed by atoms with Gasteiger partial charge in [0.2, 0.25) is 0 Å². The van der Waals surface area contributed by atoms with Crippen LogP contribution in [-0.2, 0) is 12.1 Å². The molecule has 7 nitrogen and oxygen atoms in total. The van der Waals surface area contributed by atoms with E-state index < -0.39 is 4.92 Å². The number of hydrogen-bond acceptors (Lipinski definition) is 5. The van der Waals surface area contributed by atoms with Crippen LogP contribution in [0.25, 0.3) is 11.4 Å². The van der Waals surface area contributed by atoms with E-state index in [9.17, 15) is 10.1 Å². The summed E-state index contributed by atoms with van der Waals surface area (Å²) in [4.78, 5) is 10.3. The van der Waals surface area contributed by atoms with Gasteiger partial charge in [-0.15, -0.1) is 10.2 Å². The highest BCUT2D eigenvalue weighted by Crippen LogP contribution is 2.27. The number of non-ortho nitro benzene ring substituents is 1. The highest BCUT2D eigenvalue weighted by molar-refractivity contribution is 5.58. The second-order valence-electron chi connectivity index (χ2n) is 5.45. The molecule has 0 aliphatic heterocycles. The first-order valence-electron chi connectivity index (χ1n) is 6.24. The van der Waals surface area contributed by atoms with Crippen molar-refractivity contribution in [2.75, 3.05) is 0 Å². The molecular weight excluding hydrogens is 258 g/mol. The van der Waals surface area contributed by atoms with E-state index in [1.54, 1.807) is 12.1 Å². The standard InChI is InChI=1S/C13H17N5O2/c1-13(2,3)17-11(8-14)15-16-12(17)9-4-6-10(7-5-9)18(19)20/h4-7H,8,14H2,1-3H3. The van der Waals surface area contributed by atoms with Crippen LogP contribution >= 0.6 is 0 Å². The molecule has 1 aromatic carbocycles. The van der Waals surface area contributed by atoms with Gasteiger partial charge in [-0.3, -0.25) is 10.1 Å². The van der Waals surface area contributed by atoms with Crippen molar-refractivity contribution < 1.29 is 4.92 Å². The van der Waals surface area contributed by atoms with Crippen LogP contribution in [0.2, 0.25) is 0 Å². The molecule has 2 N–H and O–H groups in total. The fourth-order valence-electron chi connectivity index (χ4n) is 2.07. The van der Waals surface area contributed by atoms with Crippen molar-refractivity contribution in [1.29, 1.82) is 0 Å². The highest BCUT2D eigenvalue weighted by atomic mass is 16.6. The van der Waals surface area contributed by atoms with Crippen LogP contribution in [0.5, 0.6) is 0 Å². The lowest BCUT2D eigenvalue weighted by molar-refractivity contribution is -0.384. The topological polar surface area (TPSA) is 99.9 Å². The maximum atomic E-state index is 10.7. The Morgan fingerprint density at radius 3 is 2.30 bits per heavy atom. The summed E-state index contributed by atoms with van der Waals surface area (Å²) >= 11 is 0. The molecule has 7 heteroatoms. The molecule has 0 saturated heterocycles. The van der Waals surface area contributed by atoms with Crippen LogP contribution < -0.4 is 5.73 Å². The summed E-state index contributed by atoms with van der Waals surface area (Å²) < 4.78 is 1.95. The van der Waals surface area contributed by atoms with Crippen molar-refractivity contribution in [3.63, 3.8) is 0 Å². The molecule has 0 atom stereocenters. The molecule has 0 fully saturated rings. The zero-order chi connectivity index (χ0) is 14.9. The minimum Gasteiger partial charge on any atom is -0.324 e. The molecule has 1 heterocycles. The fourth-order valence-corrected chi connectivity index (χ4v) is 2.07. The maximum Gasteiger partial charge on any atom is 0.269 e. The average Bonchev–Trinajstić information content (AvgIpc) is 2.82. The summed E-state index contributed by atoms with van der Waals surface area (Å²) in [6.07, 6.45) is 0. The molecule has 0 unspecified atom stereocenters. The quantitative estimate of drug-likeness (QED) is 0.682. The monoisotopic (exact) mass is 275 g/mol. The summed E-state index contributed by atoms with van der Waals surface area (Å²) in [5.41, 5.74) is 6.29. The van der Waals surface area contributed by atoms with Crippen LogP contribution in [-0.4, -0.2) is 19.7 Å². The van der Waals surface area contributed by atoms with Gasteiger partial charge in [-0.25, -0.2) is 0 Å². The van der Waals surface area contributed by atoms with Crippen molar-refractivity contribution in [1.82, 2.24) is 14.8 Å². The van der Waals surface area contributed by atoms with Gasteiger partial charge in [-0.1, -0.05) is 0 Å². The first-order chi connectivity index (χ1) is 9.34. The van der Waals surface area contributed by atoms with Gasteiger partial charge in [0.05, 0.1) is 11.5 Å². The van der Waals surface area contributed by atoms with Crippen LogP contribution in [0.4, 0.5) is 5.69 Å². The van der Waals surface area contributed by atoms with E-state index in [0.717, 1.165) is 5.56 Å². The zero-order valence-corrected chi connectivity index (χ0v) is 11.7. The summed E-state index contributed by atoms with van der Waals surface area (Å²) in [6.45, 7) is 6.39. The Hall–Kier alpha value is -2.28. The van der Waals surface area contributed by atoms with E-state index >= 15 is 0 Å². The summed E-state index contributed by atoms with van der Waals surface area (Å²) in [5.74, 6) is 1.35. The van der Waals surface area contributed by atoms with Gasteiger partial charge >= 0.3 is 0 Å². The normalized spacial score (nSPS) is 11.6. The van der Waals surface area contributed by atoms with Crippen molar-refractivity contribution in [3.8, 4) is 11.4 Å². The van der Waals surface area contributed by atoms with Gasteiger partial charge in [0.15, 0.2) is 5.82 Å². The smallest absolute Gasteiger partial charge is 0.269 e. The van der Waals surface area contributed by atoms with E-state index in [-0.39, 0.29) is 17.8 Å².